The summed E-state index contributed by atoms with van der Waals surface area (Å²) in [5, 5.41) is 13.5. The normalized spacial score (nSPS) is 26.5. The lowest BCUT2D eigenvalue weighted by Gasteiger charge is -2.39. The van der Waals surface area contributed by atoms with Gasteiger partial charge < -0.3 is 20.9 Å². The van der Waals surface area contributed by atoms with Crippen molar-refractivity contribution in [2.45, 2.75) is 88.6 Å². The number of ether oxygens (including phenoxy) is 1. The maximum absolute atomic E-state index is 13.5. The lowest BCUT2D eigenvalue weighted by Crippen LogP contribution is -2.52. The maximum atomic E-state index is 13.5. The van der Waals surface area contributed by atoms with E-state index >= 15 is 0 Å². The maximum Gasteiger partial charge on any atom is 0.251 e. The molecule has 0 radical (unpaired) electrons. The number of hydrogen-bond acceptors (Lipinski definition) is 6. The number of aliphatic hydroxyl groups is 1. The molecule has 8 heteroatoms. The van der Waals surface area contributed by atoms with Crippen LogP contribution in [0.1, 0.15) is 110 Å². The number of nitrogens with two attached hydrogens (primary N) is 1. The zero-order valence-corrected chi connectivity index (χ0v) is 22.6. The summed E-state index contributed by atoms with van der Waals surface area (Å²) < 4.78 is 5.75. The molecule has 0 saturated heterocycles. The van der Waals surface area contributed by atoms with Crippen LogP contribution in [0.5, 0.6) is 0 Å². The van der Waals surface area contributed by atoms with Crippen LogP contribution in [0.2, 0.25) is 0 Å². The average Bonchev–Trinajstić information content (AvgIpc) is 3.46. The van der Waals surface area contributed by atoms with Gasteiger partial charge in [0, 0.05) is 25.0 Å². The molecule has 4 N–H and O–H groups in total. The molecule has 2 unspecified atom stereocenters. The van der Waals surface area contributed by atoms with Gasteiger partial charge in [0.1, 0.15) is 0 Å². The fourth-order valence-corrected chi connectivity index (χ4v) is 6.55. The monoisotopic (exact) mass is 518 g/mol. The molecule has 0 aromatic heterocycles. The van der Waals surface area contributed by atoms with E-state index in [1.54, 1.807) is 18.9 Å². The molecular formula is C30H38N4O4. The van der Waals surface area contributed by atoms with Gasteiger partial charge in [0.2, 0.25) is 5.91 Å². The van der Waals surface area contributed by atoms with Crippen LogP contribution in [0.3, 0.4) is 0 Å². The molecule has 1 aliphatic heterocycles. The Labute approximate surface area is 224 Å². The number of carbonyl (C=O) groups is 2. The Morgan fingerprint density at radius 1 is 1.16 bits per heavy atom. The van der Waals surface area contributed by atoms with E-state index in [0.29, 0.717) is 24.8 Å². The van der Waals surface area contributed by atoms with Crippen LogP contribution >= 0.6 is 0 Å². The molecule has 0 bridgehead atoms. The van der Waals surface area contributed by atoms with Gasteiger partial charge in [-0.05, 0) is 60.6 Å². The van der Waals surface area contributed by atoms with Gasteiger partial charge in [0.25, 0.3) is 5.91 Å². The van der Waals surface area contributed by atoms with Crippen molar-refractivity contribution < 1.29 is 19.4 Å². The summed E-state index contributed by atoms with van der Waals surface area (Å²) in [4.78, 5) is 33.3. The molecule has 0 spiro atoms. The van der Waals surface area contributed by atoms with Crippen molar-refractivity contribution in [1.29, 1.82) is 0 Å². The van der Waals surface area contributed by atoms with Crippen LogP contribution in [0.4, 0.5) is 0 Å². The van der Waals surface area contributed by atoms with Crippen molar-refractivity contribution in [1.82, 2.24) is 10.2 Å². The average molecular weight is 519 g/mol. The molecule has 8 nitrogen and oxygen atoms in total. The van der Waals surface area contributed by atoms with Gasteiger partial charge in [-0.25, -0.2) is 4.99 Å². The SMILES string of the molecule is CCC1(CC)CC(=O)N([C@@H]2C[C@@H](OC)c3ccc(C(=O)N[C@H]4CC(C(C)O)c5ccccc54)cc32)C(N)=N1. The van der Waals surface area contributed by atoms with Gasteiger partial charge in [-0.15, -0.1) is 0 Å². The Bertz CT molecular complexity index is 1270. The highest BCUT2D eigenvalue weighted by molar-refractivity contribution is 6.00. The first kappa shape index (κ1) is 26.4. The Morgan fingerprint density at radius 3 is 2.50 bits per heavy atom. The van der Waals surface area contributed by atoms with E-state index < -0.39 is 11.6 Å². The Hall–Kier alpha value is -3.23. The Balaban J connectivity index is 1.44. The highest BCUT2D eigenvalue weighted by atomic mass is 16.5. The summed E-state index contributed by atoms with van der Waals surface area (Å²) in [6, 6.07) is 13.0. The number of guanidine groups is 1. The first-order valence-electron chi connectivity index (χ1n) is 13.6. The molecule has 2 aromatic rings. The zero-order chi connectivity index (χ0) is 27.2. The van der Waals surface area contributed by atoms with Crippen LogP contribution in [0.25, 0.3) is 0 Å². The van der Waals surface area contributed by atoms with Gasteiger partial charge in [0.15, 0.2) is 5.96 Å². The van der Waals surface area contributed by atoms with Crippen molar-refractivity contribution in [3.8, 4) is 0 Å². The molecule has 0 saturated carbocycles. The zero-order valence-electron chi connectivity index (χ0n) is 22.6. The molecule has 5 rings (SSSR count). The van der Waals surface area contributed by atoms with E-state index in [9.17, 15) is 14.7 Å². The van der Waals surface area contributed by atoms with E-state index in [1.807, 2.05) is 56.3 Å². The number of amides is 2. The van der Waals surface area contributed by atoms with E-state index in [4.69, 9.17) is 15.5 Å². The molecule has 1 heterocycles. The molecule has 0 fully saturated rings. The van der Waals surface area contributed by atoms with E-state index in [1.165, 1.54) is 0 Å². The minimum Gasteiger partial charge on any atom is -0.393 e. The van der Waals surface area contributed by atoms with Crippen LogP contribution in [0.15, 0.2) is 47.5 Å². The summed E-state index contributed by atoms with van der Waals surface area (Å²) in [5.74, 6) is -0.0233. The number of nitrogens with zero attached hydrogens (tertiary/aromatic N) is 2. The minimum atomic E-state index is -0.502. The number of nitrogens with one attached hydrogen (secondary N) is 1. The lowest BCUT2D eigenvalue weighted by atomic mass is 9.87. The van der Waals surface area contributed by atoms with Crippen molar-refractivity contribution in [3.63, 3.8) is 0 Å². The summed E-state index contributed by atoms with van der Waals surface area (Å²) in [6.45, 7) is 5.86. The number of hydrogen-bond donors (Lipinski definition) is 3. The minimum absolute atomic E-state index is 0.0194. The first-order valence-corrected chi connectivity index (χ1v) is 13.6. The van der Waals surface area contributed by atoms with Crippen LogP contribution in [0, 0.1) is 0 Å². The van der Waals surface area contributed by atoms with Crippen molar-refractivity contribution in [2.24, 2.45) is 10.7 Å². The number of aliphatic hydroxyl groups excluding tert-OH is 1. The fourth-order valence-electron chi connectivity index (χ4n) is 6.55. The van der Waals surface area contributed by atoms with Gasteiger partial charge >= 0.3 is 0 Å². The second-order valence-corrected chi connectivity index (χ2v) is 10.9. The van der Waals surface area contributed by atoms with Crippen molar-refractivity contribution in [3.05, 3.63) is 70.3 Å². The fraction of sp³-hybridized carbons (Fsp3) is 0.500. The molecule has 38 heavy (non-hydrogen) atoms. The topological polar surface area (TPSA) is 117 Å². The number of rotatable bonds is 7. The highest BCUT2D eigenvalue weighted by Crippen LogP contribution is 2.46. The predicted octanol–water partition coefficient (Wildman–Crippen LogP) is 4.26. The molecule has 202 valence electrons. The number of carbonyl (C=O) groups excluding carboxylic acids is 2. The van der Waals surface area contributed by atoms with Crippen LogP contribution in [-0.2, 0) is 9.53 Å². The summed E-state index contributed by atoms with van der Waals surface area (Å²) in [6.07, 6.45) is 2.30. The molecule has 2 aromatic carbocycles. The van der Waals surface area contributed by atoms with Gasteiger partial charge in [-0.1, -0.05) is 44.2 Å². The Kier molecular flexibility index (Phi) is 7.05. The largest absolute Gasteiger partial charge is 0.393 e. The second-order valence-electron chi connectivity index (χ2n) is 10.9. The Morgan fingerprint density at radius 2 is 1.87 bits per heavy atom. The van der Waals surface area contributed by atoms with E-state index in [0.717, 1.165) is 35.1 Å². The van der Waals surface area contributed by atoms with Crippen molar-refractivity contribution in [2.75, 3.05) is 7.11 Å². The number of aliphatic imine (C=N–C) groups is 1. The predicted molar refractivity (Wildman–Crippen MR) is 146 cm³/mol. The van der Waals surface area contributed by atoms with Gasteiger partial charge in [-0.2, -0.15) is 0 Å². The van der Waals surface area contributed by atoms with Gasteiger partial charge in [-0.3, -0.25) is 14.5 Å². The van der Waals surface area contributed by atoms with E-state index in [2.05, 4.69) is 5.32 Å². The summed E-state index contributed by atoms with van der Waals surface area (Å²) in [5.41, 5.74) is 10.4. The van der Waals surface area contributed by atoms with Crippen LogP contribution < -0.4 is 11.1 Å². The van der Waals surface area contributed by atoms with E-state index in [-0.39, 0.29) is 41.9 Å². The summed E-state index contributed by atoms with van der Waals surface area (Å²) in [7, 11) is 1.65. The third-order valence-electron chi connectivity index (χ3n) is 8.90. The molecule has 5 atom stereocenters. The third kappa shape index (κ3) is 4.39. The lowest BCUT2D eigenvalue weighted by molar-refractivity contribution is -0.131. The smallest absolute Gasteiger partial charge is 0.251 e. The standard InChI is InChI=1S/C30H38N4O4/c1-5-30(6-2)16-27(36)34(29(31)33-30)25-15-26(38-4)21-12-11-18(13-23(21)25)28(37)32-24-14-22(17(3)35)19-9-7-8-10-20(19)24/h7-13,17,22,24-26,35H,5-6,14-16H2,1-4H3,(H2,31,33)(H,32,37)/t17?,22?,24-,25+,26+/m0/s1. The third-order valence-corrected chi connectivity index (χ3v) is 8.90. The molecule has 2 amide bonds. The number of fused-ring (bicyclic) bond motifs is 2. The number of benzene rings is 2. The van der Waals surface area contributed by atoms with Crippen LogP contribution in [-0.4, -0.2) is 46.5 Å². The molecule has 2 aliphatic carbocycles. The first-order chi connectivity index (χ1) is 18.2. The highest BCUT2D eigenvalue weighted by Gasteiger charge is 2.44. The summed E-state index contributed by atoms with van der Waals surface area (Å²) >= 11 is 0. The number of methoxy groups -OCH3 is 1. The second kappa shape index (κ2) is 10.2. The van der Waals surface area contributed by atoms with Gasteiger partial charge in [0.05, 0.1) is 36.3 Å². The molecule has 3 aliphatic rings. The molecular weight excluding hydrogens is 480 g/mol. The van der Waals surface area contributed by atoms with Crippen molar-refractivity contribution >= 4 is 17.8 Å². The quantitative estimate of drug-likeness (QED) is 0.506.